The Bertz CT molecular complexity index is 356. The van der Waals surface area contributed by atoms with E-state index in [9.17, 15) is 0 Å². The normalized spacial score (nSPS) is 17.7. The van der Waals surface area contributed by atoms with Gasteiger partial charge in [-0.1, -0.05) is 20.8 Å². The zero-order valence-electron chi connectivity index (χ0n) is 16.6. The topological polar surface area (TPSA) is 64.1 Å². The summed E-state index contributed by atoms with van der Waals surface area (Å²) in [6.07, 6.45) is 3.47. The summed E-state index contributed by atoms with van der Waals surface area (Å²) in [5, 5.41) is 6.65. The van der Waals surface area contributed by atoms with E-state index in [4.69, 9.17) is 14.2 Å². The largest absolute Gasteiger partial charge is 0.381 e. The predicted molar refractivity (Wildman–Crippen MR) is 114 cm³/mol. The van der Waals surface area contributed by atoms with Crippen LogP contribution in [-0.2, 0) is 14.2 Å². The molecule has 0 saturated carbocycles. The van der Waals surface area contributed by atoms with Crippen molar-refractivity contribution in [2.45, 2.75) is 59.2 Å². The molecule has 1 rings (SSSR count). The second-order valence-electron chi connectivity index (χ2n) is 7.27. The van der Waals surface area contributed by atoms with Crippen molar-refractivity contribution in [3.8, 4) is 0 Å². The third-order valence-electron chi connectivity index (χ3n) is 4.15. The highest BCUT2D eigenvalue weighted by Gasteiger charge is 2.24. The second kappa shape index (κ2) is 14.0. The predicted octanol–water partition coefficient (Wildman–Crippen LogP) is 2.81. The molecule has 1 aliphatic heterocycles. The molecule has 1 fully saturated rings. The molecule has 0 aliphatic carbocycles. The molecule has 25 heavy (non-hydrogen) atoms. The van der Waals surface area contributed by atoms with Gasteiger partial charge in [0.15, 0.2) is 5.96 Å². The highest BCUT2D eigenvalue weighted by molar-refractivity contribution is 14.0. The maximum absolute atomic E-state index is 5.88. The number of guanidine groups is 1. The van der Waals surface area contributed by atoms with E-state index in [2.05, 4.69) is 43.3 Å². The number of nitrogens with zero attached hydrogens (tertiary/aromatic N) is 1. The lowest BCUT2D eigenvalue weighted by molar-refractivity contribution is -0.0320. The Morgan fingerprint density at radius 3 is 2.48 bits per heavy atom. The van der Waals surface area contributed by atoms with Crippen molar-refractivity contribution in [1.29, 1.82) is 0 Å². The summed E-state index contributed by atoms with van der Waals surface area (Å²) in [5.41, 5.74) is 0.0765. The standard InChI is InChI=1S/C18H37N3O3.HI/c1-6-19-17(21-14-16(22-5)18(2,3)4)20-10-7-11-24-15-8-12-23-13-9-15;/h15-16H,6-14H2,1-5H3,(H2,19,20,21);1H. The van der Waals surface area contributed by atoms with Crippen LogP contribution in [0.4, 0.5) is 0 Å². The number of nitrogens with one attached hydrogen (secondary N) is 2. The number of halogens is 1. The minimum atomic E-state index is 0. The van der Waals surface area contributed by atoms with E-state index < -0.39 is 0 Å². The van der Waals surface area contributed by atoms with Crippen molar-refractivity contribution in [2.75, 3.05) is 46.6 Å². The Morgan fingerprint density at radius 2 is 1.92 bits per heavy atom. The average Bonchev–Trinajstić information content (AvgIpc) is 2.54. The van der Waals surface area contributed by atoms with Crippen LogP contribution in [0, 0.1) is 5.41 Å². The van der Waals surface area contributed by atoms with Crippen LogP contribution in [0.3, 0.4) is 0 Å². The van der Waals surface area contributed by atoms with Gasteiger partial charge in [0.05, 0.1) is 18.8 Å². The minimum Gasteiger partial charge on any atom is -0.381 e. The molecule has 1 heterocycles. The summed E-state index contributed by atoms with van der Waals surface area (Å²) in [6.45, 7) is 13.4. The number of hydrogen-bond acceptors (Lipinski definition) is 4. The molecule has 0 aromatic rings. The quantitative estimate of drug-likeness (QED) is 0.234. The van der Waals surface area contributed by atoms with Gasteiger partial charge in [-0.2, -0.15) is 0 Å². The molecule has 6 nitrogen and oxygen atoms in total. The first kappa shape index (κ1) is 24.9. The highest BCUT2D eigenvalue weighted by Crippen LogP contribution is 2.21. The van der Waals surface area contributed by atoms with Gasteiger partial charge in [-0.3, -0.25) is 4.99 Å². The van der Waals surface area contributed by atoms with Gasteiger partial charge < -0.3 is 24.8 Å². The summed E-state index contributed by atoms with van der Waals surface area (Å²) < 4.78 is 16.8. The van der Waals surface area contributed by atoms with Crippen LogP contribution in [0.25, 0.3) is 0 Å². The monoisotopic (exact) mass is 471 g/mol. The summed E-state index contributed by atoms with van der Waals surface area (Å²) in [5.74, 6) is 0.842. The van der Waals surface area contributed by atoms with Crippen LogP contribution in [-0.4, -0.2) is 64.7 Å². The fourth-order valence-electron chi connectivity index (χ4n) is 2.59. The zero-order chi connectivity index (χ0) is 17.8. The first-order valence-corrected chi connectivity index (χ1v) is 9.21. The van der Waals surface area contributed by atoms with Gasteiger partial charge in [0.2, 0.25) is 0 Å². The fourth-order valence-corrected chi connectivity index (χ4v) is 2.59. The third kappa shape index (κ3) is 11.2. The lowest BCUT2D eigenvalue weighted by atomic mass is 9.89. The van der Waals surface area contributed by atoms with E-state index >= 15 is 0 Å². The summed E-state index contributed by atoms with van der Waals surface area (Å²) >= 11 is 0. The molecule has 7 heteroatoms. The summed E-state index contributed by atoms with van der Waals surface area (Å²) in [4.78, 5) is 4.65. The van der Waals surface area contributed by atoms with E-state index in [1.165, 1.54) is 0 Å². The third-order valence-corrected chi connectivity index (χ3v) is 4.15. The number of ether oxygens (including phenoxy) is 3. The minimum absolute atomic E-state index is 0. The van der Waals surface area contributed by atoms with E-state index in [-0.39, 0.29) is 35.5 Å². The molecule has 1 atom stereocenters. The van der Waals surface area contributed by atoms with Crippen molar-refractivity contribution >= 4 is 29.9 Å². The van der Waals surface area contributed by atoms with Crippen LogP contribution >= 0.6 is 24.0 Å². The average molecular weight is 471 g/mol. The zero-order valence-corrected chi connectivity index (χ0v) is 18.9. The number of rotatable bonds is 9. The van der Waals surface area contributed by atoms with Crippen LogP contribution in [0.5, 0.6) is 0 Å². The van der Waals surface area contributed by atoms with Gasteiger partial charge in [0, 0.05) is 40.0 Å². The van der Waals surface area contributed by atoms with E-state index in [0.29, 0.717) is 12.6 Å². The van der Waals surface area contributed by atoms with Gasteiger partial charge >= 0.3 is 0 Å². The smallest absolute Gasteiger partial charge is 0.191 e. The molecule has 0 spiro atoms. The number of methoxy groups -OCH3 is 1. The van der Waals surface area contributed by atoms with Crippen molar-refractivity contribution in [3.63, 3.8) is 0 Å². The first-order chi connectivity index (χ1) is 11.5. The van der Waals surface area contributed by atoms with Crippen LogP contribution in [0.2, 0.25) is 0 Å². The van der Waals surface area contributed by atoms with Gasteiger partial charge in [0.1, 0.15) is 0 Å². The second-order valence-corrected chi connectivity index (χ2v) is 7.27. The van der Waals surface area contributed by atoms with E-state index in [1.54, 1.807) is 7.11 Å². The SMILES string of the molecule is CCNC(=NCC(OC)C(C)(C)C)NCCCOC1CCOCC1.I. The molecule has 0 aromatic carbocycles. The lowest BCUT2D eigenvalue weighted by Gasteiger charge is -2.28. The van der Waals surface area contributed by atoms with Crippen molar-refractivity contribution in [1.82, 2.24) is 10.6 Å². The highest BCUT2D eigenvalue weighted by atomic mass is 127. The molecule has 2 N–H and O–H groups in total. The van der Waals surface area contributed by atoms with Crippen molar-refractivity contribution < 1.29 is 14.2 Å². The summed E-state index contributed by atoms with van der Waals surface area (Å²) in [6, 6.07) is 0. The van der Waals surface area contributed by atoms with Gasteiger partial charge in [0.25, 0.3) is 0 Å². The molecule has 0 amide bonds. The Labute approximate surface area is 170 Å². The molecular weight excluding hydrogens is 433 g/mol. The van der Waals surface area contributed by atoms with Gasteiger partial charge in [-0.05, 0) is 31.6 Å². The first-order valence-electron chi connectivity index (χ1n) is 9.21. The molecular formula is C18H38IN3O3. The lowest BCUT2D eigenvalue weighted by Crippen LogP contribution is -2.40. The van der Waals surface area contributed by atoms with Gasteiger partial charge in [-0.25, -0.2) is 0 Å². The number of hydrogen-bond donors (Lipinski definition) is 2. The Hall–Kier alpha value is -0.120. The molecule has 1 unspecified atom stereocenters. The Morgan fingerprint density at radius 1 is 1.24 bits per heavy atom. The fraction of sp³-hybridized carbons (Fsp3) is 0.944. The maximum atomic E-state index is 5.88. The number of aliphatic imine (C=N–C) groups is 1. The molecule has 1 aliphatic rings. The van der Waals surface area contributed by atoms with Crippen molar-refractivity contribution in [2.24, 2.45) is 10.4 Å². The molecule has 150 valence electrons. The van der Waals surface area contributed by atoms with E-state index in [0.717, 1.165) is 58.1 Å². The molecule has 1 saturated heterocycles. The molecule has 0 aromatic heterocycles. The van der Waals surface area contributed by atoms with Crippen LogP contribution < -0.4 is 10.6 Å². The summed E-state index contributed by atoms with van der Waals surface area (Å²) in [7, 11) is 1.75. The van der Waals surface area contributed by atoms with Crippen LogP contribution in [0.15, 0.2) is 4.99 Å². The Kier molecular flexibility index (Phi) is 13.9. The van der Waals surface area contributed by atoms with Crippen molar-refractivity contribution in [3.05, 3.63) is 0 Å². The molecule has 0 radical (unpaired) electrons. The Balaban J connectivity index is 0.00000576. The van der Waals surface area contributed by atoms with E-state index in [1.807, 2.05) is 0 Å². The van der Waals surface area contributed by atoms with Crippen LogP contribution in [0.1, 0.15) is 47.0 Å². The molecule has 0 bridgehead atoms. The van der Waals surface area contributed by atoms with Gasteiger partial charge in [-0.15, -0.1) is 24.0 Å². The maximum Gasteiger partial charge on any atom is 0.191 e.